The third-order valence-electron chi connectivity index (χ3n) is 3.34. The molecule has 0 spiro atoms. The maximum absolute atomic E-state index is 5.63. The van der Waals surface area contributed by atoms with Crippen LogP contribution in [-0.4, -0.2) is 19.5 Å². The Hall–Kier alpha value is -0.0800. The Bertz CT molecular complexity index is 139. The van der Waals surface area contributed by atoms with E-state index in [0.717, 1.165) is 18.4 Å². The third kappa shape index (κ3) is 3.97. The van der Waals surface area contributed by atoms with Crippen LogP contribution < -0.4 is 0 Å². The van der Waals surface area contributed by atoms with Gasteiger partial charge in [-0.1, -0.05) is 19.8 Å². The van der Waals surface area contributed by atoms with Crippen LogP contribution in [0.4, 0.5) is 0 Å². The van der Waals surface area contributed by atoms with Gasteiger partial charge >= 0.3 is 0 Å². The Kier molecular flexibility index (Phi) is 5.49. The molecule has 1 aliphatic rings. The summed E-state index contributed by atoms with van der Waals surface area (Å²) in [5, 5.41) is 0. The normalized spacial score (nSPS) is 30.2. The zero-order valence-corrected chi connectivity index (χ0v) is 9.79. The van der Waals surface area contributed by atoms with E-state index in [0.29, 0.717) is 12.9 Å². The summed E-state index contributed by atoms with van der Waals surface area (Å²) in [4.78, 5) is 0. The highest BCUT2D eigenvalue weighted by Crippen LogP contribution is 2.31. The van der Waals surface area contributed by atoms with Gasteiger partial charge in [0, 0.05) is 6.61 Å². The number of hydrogen-bond acceptors (Lipinski definition) is 2. The van der Waals surface area contributed by atoms with Crippen molar-refractivity contribution >= 4 is 0 Å². The standard InChI is InChI=1S/C12H24O2/c1-4-13-9-14-11(3)12-7-5-10(2)6-8-12/h10-12H,4-9H2,1-3H3. The Labute approximate surface area is 88.0 Å². The van der Waals surface area contributed by atoms with E-state index in [4.69, 9.17) is 9.47 Å². The molecule has 0 amide bonds. The number of hydrogen-bond donors (Lipinski definition) is 0. The zero-order valence-electron chi connectivity index (χ0n) is 9.79. The Balaban J connectivity index is 2.13. The molecule has 2 nitrogen and oxygen atoms in total. The molecule has 0 saturated heterocycles. The number of ether oxygens (including phenoxy) is 2. The SMILES string of the molecule is CCOCOC(C)C1CCC(C)CC1. The topological polar surface area (TPSA) is 18.5 Å². The zero-order chi connectivity index (χ0) is 10.4. The van der Waals surface area contributed by atoms with Crippen molar-refractivity contribution in [3.05, 3.63) is 0 Å². The summed E-state index contributed by atoms with van der Waals surface area (Å²) in [5.41, 5.74) is 0. The average molecular weight is 200 g/mol. The molecule has 0 aromatic heterocycles. The minimum atomic E-state index is 0.369. The molecule has 0 heterocycles. The fraction of sp³-hybridized carbons (Fsp3) is 1.00. The first kappa shape index (κ1) is 12.0. The van der Waals surface area contributed by atoms with Crippen molar-refractivity contribution in [2.24, 2.45) is 11.8 Å². The molecule has 0 bridgehead atoms. The van der Waals surface area contributed by atoms with Crippen LogP contribution in [0.2, 0.25) is 0 Å². The minimum Gasteiger partial charge on any atom is -0.356 e. The summed E-state index contributed by atoms with van der Waals surface area (Å²) in [6.45, 7) is 7.73. The minimum absolute atomic E-state index is 0.369. The molecule has 0 aromatic rings. The van der Waals surface area contributed by atoms with Crippen LogP contribution in [0.15, 0.2) is 0 Å². The predicted octanol–water partition coefficient (Wildman–Crippen LogP) is 3.21. The van der Waals surface area contributed by atoms with Gasteiger partial charge in [-0.3, -0.25) is 0 Å². The quantitative estimate of drug-likeness (QED) is 0.501. The van der Waals surface area contributed by atoms with E-state index in [9.17, 15) is 0 Å². The first-order valence-electron chi connectivity index (χ1n) is 5.93. The van der Waals surface area contributed by atoms with Crippen molar-refractivity contribution in [3.8, 4) is 0 Å². The second-order valence-corrected chi connectivity index (χ2v) is 4.50. The Morgan fingerprint density at radius 1 is 1.21 bits per heavy atom. The molecule has 0 aliphatic heterocycles. The summed E-state index contributed by atoms with van der Waals surface area (Å²) in [6, 6.07) is 0. The van der Waals surface area contributed by atoms with Crippen molar-refractivity contribution < 1.29 is 9.47 Å². The molecule has 2 heteroatoms. The summed E-state index contributed by atoms with van der Waals surface area (Å²) >= 11 is 0. The molecule has 1 fully saturated rings. The van der Waals surface area contributed by atoms with Crippen LogP contribution in [-0.2, 0) is 9.47 Å². The van der Waals surface area contributed by atoms with Crippen molar-refractivity contribution in [1.29, 1.82) is 0 Å². The molecule has 1 atom stereocenters. The maximum atomic E-state index is 5.63. The lowest BCUT2D eigenvalue weighted by Gasteiger charge is -2.30. The predicted molar refractivity (Wildman–Crippen MR) is 58.2 cm³/mol. The van der Waals surface area contributed by atoms with Crippen LogP contribution in [0, 0.1) is 11.8 Å². The molecule has 14 heavy (non-hydrogen) atoms. The fourth-order valence-electron chi connectivity index (χ4n) is 2.13. The van der Waals surface area contributed by atoms with E-state index in [1.807, 2.05) is 6.92 Å². The molecule has 1 saturated carbocycles. The van der Waals surface area contributed by atoms with Crippen LogP contribution >= 0.6 is 0 Å². The van der Waals surface area contributed by atoms with Gasteiger partial charge in [-0.05, 0) is 38.5 Å². The second-order valence-electron chi connectivity index (χ2n) is 4.50. The molecule has 84 valence electrons. The van der Waals surface area contributed by atoms with E-state index >= 15 is 0 Å². The van der Waals surface area contributed by atoms with Crippen LogP contribution in [0.25, 0.3) is 0 Å². The van der Waals surface area contributed by atoms with E-state index < -0.39 is 0 Å². The molecular weight excluding hydrogens is 176 g/mol. The lowest BCUT2D eigenvalue weighted by Crippen LogP contribution is -2.26. The van der Waals surface area contributed by atoms with Crippen LogP contribution in [0.5, 0.6) is 0 Å². The largest absolute Gasteiger partial charge is 0.356 e. The molecular formula is C12H24O2. The highest BCUT2D eigenvalue weighted by molar-refractivity contribution is 4.74. The van der Waals surface area contributed by atoms with E-state index in [1.54, 1.807) is 0 Å². The molecule has 0 radical (unpaired) electrons. The van der Waals surface area contributed by atoms with Crippen LogP contribution in [0.1, 0.15) is 46.5 Å². The van der Waals surface area contributed by atoms with E-state index in [2.05, 4.69) is 13.8 Å². The van der Waals surface area contributed by atoms with Gasteiger partial charge in [-0.15, -0.1) is 0 Å². The van der Waals surface area contributed by atoms with Crippen molar-refractivity contribution in [3.63, 3.8) is 0 Å². The first-order valence-corrected chi connectivity index (χ1v) is 5.93. The molecule has 1 aliphatic carbocycles. The van der Waals surface area contributed by atoms with Crippen molar-refractivity contribution in [2.75, 3.05) is 13.4 Å². The van der Waals surface area contributed by atoms with Gasteiger partial charge in [-0.2, -0.15) is 0 Å². The lowest BCUT2D eigenvalue weighted by atomic mass is 9.80. The van der Waals surface area contributed by atoms with Crippen molar-refractivity contribution in [1.82, 2.24) is 0 Å². The second kappa shape index (κ2) is 6.41. The molecule has 1 unspecified atom stereocenters. The first-order chi connectivity index (χ1) is 6.74. The van der Waals surface area contributed by atoms with Gasteiger partial charge in [-0.25, -0.2) is 0 Å². The number of rotatable bonds is 5. The summed E-state index contributed by atoms with van der Waals surface area (Å²) in [6.07, 6.45) is 5.76. The summed E-state index contributed by atoms with van der Waals surface area (Å²) in [7, 11) is 0. The van der Waals surface area contributed by atoms with Crippen LogP contribution in [0.3, 0.4) is 0 Å². The molecule has 0 N–H and O–H groups in total. The van der Waals surface area contributed by atoms with Gasteiger partial charge in [0.25, 0.3) is 0 Å². The maximum Gasteiger partial charge on any atom is 0.147 e. The van der Waals surface area contributed by atoms with E-state index in [1.165, 1.54) is 25.7 Å². The average Bonchev–Trinajstić information content (AvgIpc) is 2.19. The lowest BCUT2D eigenvalue weighted by molar-refractivity contribution is -0.102. The van der Waals surface area contributed by atoms with Gasteiger partial charge in [0.05, 0.1) is 6.10 Å². The van der Waals surface area contributed by atoms with Gasteiger partial charge in [0.1, 0.15) is 6.79 Å². The smallest absolute Gasteiger partial charge is 0.147 e. The Morgan fingerprint density at radius 3 is 2.43 bits per heavy atom. The third-order valence-corrected chi connectivity index (χ3v) is 3.34. The Morgan fingerprint density at radius 2 is 1.86 bits per heavy atom. The van der Waals surface area contributed by atoms with Gasteiger partial charge < -0.3 is 9.47 Å². The van der Waals surface area contributed by atoms with E-state index in [-0.39, 0.29) is 0 Å². The highest BCUT2D eigenvalue weighted by atomic mass is 16.7. The van der Waals surface area contributed by atoms with Crippen molar-refractivity contribution in [2.45, 2.75) is 52.6 Å². The summed E-state index contributed by atoms with van der Waals surface area (Å²) in [5.74, 6) is 1.68. The molecule has 0 aromatic carbocycles. The highest BCUT2D eigenvalue weighted by Gasteiger charge is 2.23. The molecule has 1 rings (SSSR count). The fourth-order valence-corrected chi connectivity index (χ4v) is 2.13. The monoisotopic (exact) mass is 200 g/mol. The van der Waals surface area contributed by atoms with Gasteiger partial charge in [0.15, 0.2) is 0 Å². The summed E-state index contributed by atoms with van der Waals surface area (Å²) < 4.78 is 10.8. The van der Waals surface area contributed by atoms with Gasteiger partial charge in [0.2, 0.25) is 0 Å².